The Kier molecular flexibility index (Phi) is 4.22. The van der Waals surface area contributed by atoms with Gasteiger partial charge in [-0.05, 0) is 19.1 Å². The summed E-state index contributed by atoms with van der Waals surface area (Å²) in [7, 11) is 1.66. The van der Waals surface area contributed by atoms with Gasteiger partial charge >= 0.3 is 0 Å². The summed E-state index contributed by atoms with van der Waals surface area (Å²) >= 11 is 0. The molecule has 0 radical (unpaired) electrons. The minimum absolute atomic E-state index is 0.439. The SMILES string of the molecule is C/C=C(\C=NC)Oc1ccc(C=O)cn1. The molecule has 0 saturated heterocycles. The number of aldehydes is 1. The van der Waals surface area contributed by atoms with Crippen LogP contribution in [0.25, 0.3) is 0 Å². The van der Waals surface area contributed by atoms with Crippen molar-refractivity contribution in [2.75, 3.05) is 7.05 Å². The molecule has 0 fully saturated rings. The van der Waals surface area contributed by atoms with Crippen molar-refractivity contribution >= 4 is 12.5 Å². The standard InChI is InChI=1S/C11H12N2O2/c1-3-10(7-12-2)15-11-5-4-9(8-14)6-13-11/h3-8H,1-2H3/b10-3+,12-7?. The van der Waals surface area contributed by atoms with Crippen molar-refractivity contribution in [2.24, 2.45) is 4.99 Å². The molecule has 4 heteroatoms. The molecule has 4 nitrogen and oxygen atoms in total. The van der Waals surface area contributed by atoms with Crippen LogP contribution in [0.4, 0.5) is 0 Å². The van der Waals surface area contributed by atoms with Crippen LogP contribution in [-0.2, 0) is 0 Å². The summed E-state index contributed by atoms with van der Waals surface area (Å²) in [5.41, 5.74) is 0.522. The van der Waals surface area contributed by atoms with E-state index in [0.717, 1.165) is 6.29 Å². The molecule has 0 aliphatic heterocycles. The molecule has 15 heavy (non-hydrogen) atoms. The fraction of sp³-hybridized carbons (Fsp3) is 0.182. The first-order valence-corrected chi connectivity index (χ1v) is 4.47. The van der Waals surface area contributed by atoms with Crippen molar-refractivity contribution in [3.63, 3.8) is 0 Å². The Morgan fingerprint density at radius 2 is 2.33 bits per heavy atom. The Hall–Kier alpha value is -1.97. The third-order valence-electron chi connectivity index (χ3n) is 1.66. The highest BCUT2D eigenvalue weighted by Crippen LogP contribution is 2.09. The molecule has 0 saturated carbocycles. The zero-order valence-corrected chi connectivity index (χ0v) is 8.68. The topological polar surface area (TPSA) is 51.5 Å². The molecule has 0 amide bonds. The summed E-state index contributed by atoms with van der Waals surface area (Å²) in [6.07, 6.45) is 5.57. The number of hydrogen-bond acceptors (Lipinski definition) is 4. The maximum absolute atomic E-state index is 10.4. The normalized spacial score (nSPS) is 11.7. The van der Waals surface area contributed by atoms with E-state index in [1.807, 2.05) is 6.92 Å². The number of aromatic nitrogens is 1. The van der Waals surface area contributed by atoms with Crippen molar-refractivity contribution < 1.29 is 9.53 Å². The van der Waals surface area contributed by atoms with E-state index in [-0.39, 0.29) is 0 Å². The Bertz CT molecular complexity index is 380. The summed E-state index contributed by atoms with van der Waals surface area (Å²) in [6.45, 7) is 1.84. The van der Waals surface area contributed by atoms with E-state index in [2.05, 4.69) is 9.98 Å². The molecule has 1 aromatic heterocycles. The van der Waals surface area contributed by atoms with Crippen LogP contribution in [0.15, 0.2) is 35.2 Å². The van der Waals surface area contributed by atoms with Crippen LogP contribution >= 0.6 is 0 Å². The van der Waals surface area contributed by atoms with Gasteiger partial charge in [-0.2, -0.15) is 0 Å². The van der Waals surface area contributed by atoms with Crippen molar-refractivity contribution in [3.8, 4) is 5.88 Å². The fourth-order valence-corrected chi connectivity index (χ4v) is 0.930. The number of hydrogen-bond donors (Lipinski definition) is 0. The predicted molar refractivity (Wildman–Crippen MR) is 58.4 cm³/mol. The second-order valence-electron chi connectivity index (χ2n) is 2.73. The van der Waals surface area contributed by atoms with E-state index >= 15 is 0 Å². The van der Waals surface area contributed by atoms with Gasteiger partial charge in [0, 0.05) is 24.9 Å². The molecule has 0 aliphatic carbocycles. The van der Waals surface area contributed by atoms with E-state index in [1.165, 1.54) is 6.20 Å². The minimum atomic E-state index is 0.439. The summed E-state index contributed by atoms with van der Waals surface area (Å²) in [5, 5.41) is 0. The average Bonchev–Trinajstić information content (AvgIpc) is 2.29. The second-order valence-corrected chi connectivity index (χ2v) is 2.73. The molecule has 1 rings (SSSR count). The quantitative estimate of drug-likeness (QED) is 0.427. The van der Waals surface area contributed by atoms with E-state index in [0.29, 0.717) is 17.2 Å². The average molecular weight is 204 g/mol. The molecule has 0 unspecified atom stereocenters. The van der Waals surface area contributed by atoms with E-state index in [4.69, 9.17) is 4.74 Å². The smallest absolute Gasteiger partial charge is 0.219 e. The lowest BCUT2D eigenvalue weighted by Gasteiger charge is -2.03. The van der Waals surface area contributed by atoms with Gasteiger partial charge in [0.25, 0.3) is 0 Å². The monoisotopic (exact) mass is 204 g/mol. The Balaban J connectivity index is 2.76. The zero-order valence-electron chi connectivity index (χ0n) is 8.68. The molecule has 0 aliphatic rings. The van der Waals surface area contributed by atoms with Crippen molar-refractivity contribution in [1.29, 1.82) is 0 Å². The first-order chi connectivity index (χ1) is 7.30. The van der Waals surface area contributed by atoms with Crippen LogP contribution in [0.3, 0.4) is 0 Å². The number of aliphatic imine (C=N–C) groups is 1. The van der Waals surface area contributed by atoms with Gasteiger partial charge in [0.2, 0.25) is 5.88 Å². The molecule has 0 aromatic carbocycles. The maximum Gasteiger partial charge on any atom is 0.219 e. The van der Waals surface area contributed by atoms with E-state index in [9.17, 15) is 4.79 Å². The van der Waals surface area contributed by atoms with Crippen molar-refractivity contribution in [3.05, 3.63) is 35.7 Å². The highest BCUT2D eigenvalue weighted by atomic mass is 16.5. The first-order valence-electron chi connectivity index (χ1n) is 4.47. The van der Waals surface area contributed by atoms with Gasteiger partial charge in [0.1, 0.15) is 5.76 Å². The van der Waals surface area contributed by atoms with E-state index in [1.54, 1.807) is 31.5 Å². The Labute approximate surface area is 88.3 Å². The zero-order chi connectivity index (χ0) is 11.1. The molecular weight excluding hydrogens is 192 g/mol. The summed E-state index contributed by atoms with van der Waals surface area (Å²) < 4.78 is 5.39. The third kappa shape index (κ3) is 3.34. The van der Waals surface area contributed by atoms with Crippen LogP contribution in [0.1, 0.15) is 17.3 Å². The number of carbonyl (C=O) groups is 1. The Morgan fingerprint density at radius 3 is 2.80 bits per heavy atom. The summed E-state index contributed by atoms with van der Waals surface area (Å²) in [4.78, 5) is 18.2. The van der Waals surface area contributed by atoms with Crippen LogP contribution in [0.2, 0.25) is 0 Å². The van der Waals surface area contributed by atoms with Crippen LogP contribution in [0, 0.1) is 0 Å². The molecule has 1 aromatic rings. The number of nitrogens with zero attached hydrogens (tertiary/aromatic N) is 2. The van der Waals surface area contributed by atoms with Gasteiger partial charge in [-0.3, -0.25) is 9.79 Å². The molecule has 0 spiro atoms. The fourth-order valence-electron chi connectivity index (χ4n) is 0.930. The summed E-state index contributed by atoms with van der Waals surface area (Å²) in [5.74, 6) is 1.05. The highest BCUT2D eigenvalue weighted by molar-refractivity contribution is 5.76. The van der Waals surface area contributed by atoms with Gasteiger partial charge < -0.3 is 4.74 Å². The van der Waals surface area contributed by atoms with Crippen LogP contribution < -0.4 is 4.74 Å². The number of carbonyl (C=O) groups excluding carboxylic acids is 1. The van der Waals surface area contributed by atoms with Gasteiger partial charge in [0.05, 0.1) is 6.21 Å². The molecule has 0 atom stereocenters. The van der Waals surface area contributed by atoms with Crippen molar-refractivity contribution in [2.45, 2.75) is 6.92 Å². The molecule has 1 heterocycles. The van der Waals surface area contributed by atoms with Crippen LogP contribution in [-0.4, -0.2) is 24.5 Å². The van der Waals surface area contributed by atoms with Gasteiger partial charge in [0.15, 0.2) is 6.29 Å². The third-order valence-corrected chi connectivity index (χ3v) is 1.66. The minimum Gasteiger partial charge on any atom is -0.438 e. The van der Waals surface area contributed by atoms with Gasteiger partial charge in [-0.15, -0.1) is 0 Å². The number of ether oxygens (including phenoxy) is 1. The molecule has 0 bridgehead atoms. The first kappa shape index (κ1) is 11.1. The molecule has 78 valence electrons. The van der Waals surface area contributed by atoms with Crippen LogP contribution in [0.5, 0.6) is 5.88 Å². The number of rotatable bonds is 4. The maximum atomic E-state index is 10.4. The molecular formula is C11H12N2O2. The van der Waals surface area contributed by atoms with E-state index < -0.39 is 0 Å². The lowest BCUT2D eigenvalue weighted by Crippen LogP contribution is -1.98. The van der Waals surface area contributed by atoms with Gasteiger partial charge in [-0.1, -0.05) is 0 Å². The number of pyridine rings is 1. The lowest BCUT2D eigenvalue weighted by atomic mass is 10.3. The summed E-state index contributed by atoms with van der Waals surface area (Å²) in [6, 6.07) is 3.28. The highest BCUT2D eigenvalue weighted by Gasteiger charge is 1.98. The Morgan fingerprint density at radius 1 is 1.53 bits per heavy atom. The molecule has 0 N–H and O–H groups in total. The van der Waals surface area contributed by atoms with Crippen molar-refractivity contribution in [1.82, 2.24) is 4.98 Å². The largest absolute Gasteiger partial charge is 0.438 e. The number of allylic oxidation sites excluding steroid dienone is 2. The predicted octanol–water partition coefficient (Wildman–Crippen LogP) is 1.88. The lowest BCUT2D eigenvalue weighted by molar-refractivity contribution is 0.112. The van der Waals surface area contributed by atoms with Gasteiger partial charge in [-0.25, -0.2) is 4.98 Å². The second kappa shape index (κ2) is 5.70.